The van der Waals surface area contributed by atoms with E-state index >= 15 is 0 Å². The summed E-state index contributed by atoms with van der Waals surface area (Å²) in [7, 11) is 2.03. The van der Waals surface area contributed by atoms with Crippen molar-refractivity contribution >= 4 is 23.4 Å². The van der Waals surface area contributed by atoms with E-state index in [-0.39, 0.29) is 0 Å². The topological polar surface area (TPSA) is 54.3 Å². The Labute approximate surface area is 171 Å². The van der Waals surface area contributed by atoms with Crippen LogP contribution in [0, 0.1) is 27.7 Å². The third kappa shape index (κ3) is 4.62. The Bertz CT molecular complexity index is 1010. The van der Waals surface area contributed by atoms with Gasteiger partial charge in [0.1, 0.15) is 11.4 Å². The first-order valence-corrected chi connectivity index (χ1v) is 10.3. The summed E-state index contributed by atoms with van der Waals surface area (Å²) < 4.78 is 0. The van der Waals surface area contributed by atoms with Gasteiger partial charge in [-0.2, -0.15) is 0 Å². The van der Waals surface area contributed by atoms with E-state index in [1.807, 2.05) is 27.2 Å². The van der Waals surface area contributed by atoms with E-state index in [1.54, 1.807) is 17.5 Å². The van der Waals surface area contributed by atoms with Crippen molar-refractivity contribution in [1.29, 1.82) is 0 Å². The molecule has 2 aromatic heterocycles. The number of hydrogen-bond acceptors (Lipinski definition) is 5. The summed E-state index contributed by atoms with van der Waals surface area (Å²) >= 11 is 1.67. The van der Waals surface area contributed by atoms with Crippen molar-refractivity contribution in [3.05, 3.63) is 56.8 Å². The molecule has 6 heteroatoms. The van der Waals surface area contributed by atoms with Crippen molar-refractivity contribution in [3.8, 4) is 11.4 Å². The molecular weight excluding hydrogens is 366 g/mol. The van der Waals surface area contributed by atoms with Crippen molar-refractivity contribution in [2.75, 3.05) is 13.6 Å². The Morgan fingerprint density at radius 2 is 1.89 bits per heavy atom. The second-order valence-electron chi connectivity index (χ2n) is 7.13. The fourth-order valence-corrected chi connectivity index (χ4v) is 3.75. The molecule has 0 saturated carbocycles. The van der Waals surface area contributed by atoms with Gasteiger partial charge in [-0.15, -0.1) is 11.3 Å². The molecular formula is C22H27N5S. The van der Waals surface area contributed by atoms with Gasteiger partial charge in [0, 0.05) is 31.6 Å². The molecule has 0 amide bonds. The lowest BCUT2D eigenvalue weighted by molar-refractivity contribution is 0.552. The van der Waals surface area contributed by atoms with Gasteiger partial charge in [-0.25, -0.2) is 9.98 Å². The highest BCUT2D eigenvalue weighted by molar-refractivity contribution is 7.10. The van der Waals surface area contributed by atoms with Crippen LogP contribution in [0.1, 0.15) is 40.0 Å². The number of hydrogen-bond donors (Lipinski definition) is 0. The maximum Gasteiger partial charge on any atom is 0.111 e. The summed E-state index contributed by atoms with van der Waals surface area (Å²) in [6.45, 7) is 11.2. The zero-order valence-corrected chi connectivity index (χ0v) is 18.3. The lowest BCUT2D eigenvalue weighted by Crippen LogP contribution is -2.14. The highest BCUT2D eigenvalue weighted by atomic mass is 32.1. The Morgan fingerprint density at radius 1 is 1.11 bits per heavy atom. The molecule has 0 aliphatic carbocycles. The minimum Gasteiger partial charge on any atom is -0.366 e. The van der Waals surface area contributed by atoms with Gasteiger partial charge >= 0.3 is 0 Å². The predicted molar refractivity (Wildman–Crippen MR) is 118 cm³/mol. The fourth-order valence-electron chi connectivity index (χ4n) is 2.95. The highest BCUT2D eigenvalue weighted by Crippen LogP contribution is 2.28. The number of aryl methyl sites for hydroxylation is 4. The fraction of sp³-hybridized carbons (Fsp3) is 0.364. The minimum absolute atomic E-state index is 0.814. The van der Waals surface area contributed by atoms with E-state index < -0.39 is 0 Å². The van der Waals surface area contributed by atoms with Crippen molar-refractivity contribution in [2.24, 2.45) is 4.99 Å². The highest BCUT2D eigenvalue weighted by Gasteiger charge is 2.12. The van der Waals surface area contributed by atoms with Crippen LogP contribution in [0.2, 0.25) is 0 Å². The SMILES string of the molecule is CCN(C)/C=N/c1cc(C)c(Cc2nc(-c3ncc(C)nc3C)cs2)cc1C. The van der Waals surface area contributed by atoms with Gasteiger partial charge in [-0.05, 0) is 57.4 Å². The maximum atomic E-state index is 4.81. The van der Waals surface area contributed by atoms with E-state index in [9.17, 15) is 0 Å². The Balaban J connectivity index is 1.82. The standard InChI is InChI=1S/C22H27N5S/c1-7-27(6)13-24-19-9-14(2)18(8-15(19)3)10-21-26-20(12-28-21)22-17(5)25-16(4)11-23-22/h8-9,11-13H,7,10H2,1-6H3/b24-13+. The third-order valence-corrected chi connectivity index (χ3v) is 5.60. The zero-order chi connectivity index (χ0) is 20.3. The number of rotatable bonds is 6. The third-order valence-electron chi connectivity index (χ3n) is 4.75. The molecule has 0 spiro atoms. The van der Waals surface area contributed by atoms with Gasteiger partial charge in [0.15, 0.2) is 0 Å². The van der Waals surface area contributed by atoms with E-state index in [0.29, 0.717) is 0 Å². The van der Waals surface area contributed by atoms with Crippen LogP contribution in [0.15, 0.2) is 28.7 Å². The van der Waals surface area contributed by atoms with Crippen LogP contribution in [0.3, 0.4) is 0 Å². The predicted octanol–water partition coefficient (Wildman–Crippen LogP) is 5.04. The first kappa shape index (κ1) is 20.1. The molecule has 0 N–H and O–H groups in total. The van der Waals surface area contributed by atoms with Crippen LogP contribution < -0.4 is 0 Å². The minimum atomic E-state index is 0.814. The molecule has 0 unspecified atom stereocenters. The monoisotopic (exact) mass is 393 g/mol. The van der Waals surface area contributed by atoms with Crippen LogP contribution in [0.5, 0.6) is 0 Å². The molecule has 3 aromatic rings. The van der Waals surface area contributed by atoms with Gasteiger partial charge in [0.25, 0.3) is 0 Å². The number of thiazole rings is 1. The number of nitrogens with zero attached hydrogens (tertiary/aromatic N) is 5. The van der Waals surface area contributed by atoms with Gasteiger partial charge in [-0.3, -0.25) is 9.97 Å². The molecule has 0 aliphatic rings. The molecule has 0 radical (unpaired) electrons. The number of aliphatic imine (C=N–C) groups is 1. The molecule has 1 aromatic carbocycles. The van der Waals surface area contributed by atoms with Crippen LogP contribution in [0.25, 0.3) is 11.4 Å². The zero-order valence-electron chi connectivity index (χ0n) is 17.4. The molecule has 28 heavy (non-hydrogen) atoms. The summed E-state index contributed by atoms with van der Waals surface area (Å²) in [4.78, 5) is 20.5. The van der Waals surface area contributed by atoms with Gasteiger partial charge in [0.2, 0.25) is 0 Å². The van der Waals surface area contributed by atoms with Gasteiger partial charge in [0.05, 0.1) is 28.4 Å². The number of benzene rings is 1. The average Bonchev–Trinajstić information content (AvgIpc) is 3.11. The molecule has 3 rings (SSSR count). The van der Waals surface area contributed by atoms with E-state index in [1.165, 1.54) is 16.7 Å². The summed E-state index contributed by atoms with van der Waals surface area (Å²) in [5, 5.41) is 3.16. The normalized spacial score (nSPS) is 11.4. The lowest BCUT2D eigenvalue weighted by atomic mass is 10.0. The molecule has 0 bridgehead atoms. The van der Waals surface area contributed by atoms with Crippen molar-refractivity contribution in [3.63, 3.8) is 0 Å². The molecule has 0 fully saturated rings. The van der Waals surface area contributed by atoms with Crippen molar-refractivity contribution in [1.82, 2.24) is 19.9 Å². The average molecular weight is 394 g/mol. The second-order valence-corrected chi connectivity index (χ2v) is 8.07. The summed E-state index contributed by atoms with van der Waals surface area (Å²) in [5.74, 6) is 0. The van der Waals surface area contributed by atoms with Crippen molar-refractivity contribution < 1.29 is 0 Å². The Kier molecular flexibility index (Phi) is 6.19. The lowest BCUT2D eigenvalue weighted by Gasteiger charge is -2.11. The first-order valence-electron chi connectivity index (χ1n) is 9.47. The summed E-state index contributed by atoms with van der Waals surface area (Å²) in [6.07, 6.45) is 4.50. The van der Waals surface area contributed by atoms with E-state index in [2.05, 4.69) is 58.1 Å². The van der Waals surface area contributed by atoms with Crippen LogP contribution in [-0.2, 0) is 6.42 Å². The van der Waals surface area contributed by atoms with E-state index in [4.69, 9.17) is 4.98 Å². The maximum absolute atomic E-state index is 4.81. The molecule has 0 aliphatic heterocycles. The van der Waals surface area contributed by atoms with Crippen LogP contribution in [-0.4, -0.2) is 39.8 Å². The molecule has 0 atom stereocenters. The van der Waals surface area contributed by atoms with Crippen molar-refractivity contribution in [2.45, 2.75) is 41.0 Å². The first-order chi connectivity index (χ1) is 13.4. The molecule has 0 saturated heterocycles. The molecule has 146 valence electrons. The van der Waals surface area contributed by atoms with Gasteiger partial charge < -0.3 is 4.90 Å². The number of aromatic nitrogens is 3. The van der Waals surface area contributed by atoms with Crippen LogP contribution >= 0.6 is 11.3 Å². The molecule has 5 nitrogen and oxygen atoms in total. The summed E-state index contributed by atoms with van der Waals surface area (Å²) in [6, 6.07) is 4.39. The molecule has 2 heterocycles. The van der Waals surface area contributed by atoms with Gasteiger partial charge in [-0.1, -0.05) is 6.07 Å². The smallest absolute Gasteiger partial charge is 0.111 e. The second kappa shape index (κ2) is 8.61. The Hall–Kier alpha value is -2.60. The quantitative estimate of drug-likeness (QED) is 0.435. The van der Waals surface area contributed by atoms with Crippen LogP contribution in [0.4, 0.5) is 5.69 Å². The summed E-state index contributed by atoms with van der Waals surface area (Å²) in [5.41, 5.74) is 8.34. The largest absolute Gasteiger partial charge is 0.366 e. The van der Waals surface area contributed by atoms with E-state index in [0.717, 1.165) is 46.4 Å². The Morgan fingerprint density at radius 3 is 2.61 bits per heavy atom.